The number of carbonyl (C=O) groups is 2. The van der Waals surface area contributed by atoms with Gasteiger partial charge in [-0.3, -0.25) is 0 Å². The smallest absolute Gasteiger partial charge is 0.318 e. The maximum absolute atomic E-state index is 14.8. The van der Waals surface area contributed by atoms with Crippen molar-refractivity contribution in [3.63, 3.8) is 0 Å². The summed E-state index contributed by atoms with van der Waals surface area (Å²) in [4.78, 5) is 28.6. The number of benzene rings is 2. The predicted molar refractivity (Wildman–Crippen MR) is 110 cm³/mol. The van der Waals surface area contributed by atoms with E-state index in [9.17, 15) is 14.0 Å². The number of hydrogen-bond acceptors (Lipinski definition) is 2. The number of rotatable bonds is 4. The van der Waals surface area contributed by atoms with Gasteiger partial charge in [0.25, 0.3) is 0 Å². The van der Waals surface area contributed by atoms with Gasteiger partial charge in [-0.15, -0.1) is 0 Å². The molecule has 0 bridgehead atoms. The number of carbonyl (C=O) groups excluding carboxylic acids is 2. The Kier molecular flexibility index (Phi) is 5.56. The van der Waals surface area contributed by atoms with Gasteiger partial charge in [0.1, 0.15) is 5.82 Å². The number of hydrogen-bond donors (Lipinski definition) is 2. The van der Waals surface area contributed by atoms with Crippen LogP contribution in [0.25, 0.3) is 10.8 Å². The lowest BCUT2D eigenvalue weighted by Crippen LogP contribution is -2.56. The van der Waals surface area contributed by atoms with Crippen molar-refractivity contribution in [2.45, 2.75) is 44.3 Å². The molecule has 1 atom stereocenters. The normalized spacial score (nSPS) is 19.1. The zero-order valence-electron chi connectivity index (χ0n) is 16.7. The van der Waals surface area contributed by atoms with E-state index in [1.165, 1.54) is 0 Å². The molecule has 7 heteroatoms. The molecule has 2 aromatic rings. The molecular formula is C22H27FN4O2. The lowest BCUT2D eigenvalue weighted by molar-refractivity contribution is 0.116. The quantitative estimate of drug-likeness (QED) is 0.829. The highest BCUT2D eigenvalue weighted by Crippen LogP contribution is 2.31. The zero-order chi connectivity index (χ0) is 20.4. The fourth-order valence-corrected chi connectivity index (χ4v) is 4.18. The topological polar surface area (TPSA) is 64.7 Å². The first-order chi connectivity index (χ1) is 14.1. The number of amides is 4. The van der Waals surface area contributed by atoms with Crippen LogP contribution >= 0.6 is 0 Å². The second-order valence-electron chi connectivity index (χ2n) is 7.85. The molecule has 154 valence electrons. The average molecular weight is 398 g/mol. The Bertz CT molecular complexity index is 915. The van der Waals surface area contributed by atoms with Crippen molar-refractivity contribution in [2.75, 3.05) is 20.1 Å². The van der Waals surface area contributed by atoms with Gasteiger partial charge in [-0.25, -0.2) is 14.0 Å². The highest BCUT2D eigenvalue weighted by molar-refractivity contribution is 5.84. The van der Waals surface area contributed by atoms with Crippen LogP contribution in [0.1, 0.15) is 31.2 Å². The van der Waals surface area contributed by atoms with Crippen molar-refractivity contribution in [3.8, 4) is 0 Å². The van der Waals surface area contributed by atoms with Gasteiger partial charge in [0, 0.05) is 43.7 Å². The summed E-state index contributed by atoms with van der Waals surface area (Å²) in [6.45, 7) is 1.39. The fraction of sp³-hybridized carbons (Fsp3) is 0.455. The first-order valence-electron chi connectivity index (χ1n) is 10.3. The van der Waals surface area contributed by atoms with E-state index in [2.05, 4.69) is 10.6 Å². The molecule has 2 aliphatic rings. The predicted octanol–water partition coefficient (Wildman–Crippen LogP) is 3.46. The van der Waals surface area contributed by atoms with E-state index in [1.807, 2.05) is 29.2 Å². The molecule has 4 amide bonds. The van der Waals surface area contributed by atoms with Crippen LogP contribution in [0.3, 0.4) is 0 Å². The number of nitrogens with one attached hydrogen (secondary N) is 2. The molecule has 1 heterocycles. The minimum atomic E-state index is -0.287. The standard InChI is InChI=1S/C22H27FN4O2/c1-24-21(28)26-12-4-6-18(14-26)27(17-10-11-17)22(29)25-13-16-9-8-15-5-2-3-7-19(15)20(16)23/h2-3,5,7-9,17-18H,4,6,10-14H2,1H3,(H,24,28)(H,25,29)/t18-/m1/s1. The van der Waals surface area contributed by atoms with E-state index in [4.69, 9.17) is 0 Å². The van der Waals surface area contributed by atoms with Crippen molar-refractivity contribution < 1.29 is 14.0 Å². The minimum absolute atomic E-state index is 0.00463. The average Bonchev–Trinajstić information content (AvgIpc) is 3.58. The Morgan fingerprint density at radius 2 is 1.93 bits per heavy atom. The molecule has 0 aromatic heterocycles. The molecule has 29 heavy (non-hydrogen) atoms. The van der Waals surface area contributed by atoms with E-state index in [0.29, 0.717) is 24.0 Å². The Morgan fingerprint density at radius 1 is 1.14 bits per heavy atom. The molecule has 1 aliphatic heterocycles. The third kappa shape index (κ3) is 4.13. The van der Waals surface area contributed by atoms with Gasteiger partial charge in [0.05, 0.1) is 6.04 Å². The monoisotopic (exact) mass is 398 g/mol. The molecule has 2 fully saturated rings. The van der Waals surface area contributed by atoms with Crippen molar-refractivity contribution in [3.05, 3.63) is 47.8 Å². The Balaban J connectivity index is 1.45. The van der Waals surface area contributed by atoms with Crippen LogP contribution in [0.4, 0.5) is 14.0 Å². The van der Waals surface area contributed by atoms with E-state index < -0.39 is 0 Å². The van der Waals surface area contributed by atoms with Crippen LogP contribution in [0.15, 0.2) is 36.4 Å². The molecular weight excluding hydrogens is 371 g/mol. The van der Waals surface area contributed by atoms with Crippen LogP contribution in [-0.2, 0) is 6.54 Å². The van der Waals surface area contributed by atoms with Gasteiger partial charge < -0.3 is 20.4 Å². The molecule has 4 rings (SSSR count). The highest BCUT2D eigenvalue weighted by atomic mass is 19.1. The number of nitrogens with zero attached hydrogens (tertiary/aromatic N) is 2. The Hall–Kier alpha value is -2.83. The third-order valence-electron chi connectivity index (χ3n) is 5.84. The Morgan fingerprint density at radius 3 is 2.69 bits per heavy atom. The molecule has 2 N–H and O–H groups in total. The second-order valence-corrected chi connectivity index (χ2v) is 7.85. The maximum Gasteiger partial charge on any atom is 0.318 e. The number of halogens is 1. The van der Waals surface area contributed by atoms with Crippen LogP contribution in [0.2, 0.25) is 0 Å². The van der Waals surface area contributed by atoms with Crippen molar-refractivity contribution in [2.24, 2.45) is 0 Å². The van der Waals surface area contributed by atoms with Crippen molar-refractivity contribution in [1.82, 2.24) is 20.4 Å². The van der Waals surface area contributed by atoms with E-state index in [1.54, 1.807) is 24.1 Å². The molecule has 1 aliphatic carbocycles. The van der Waals surface area contributed by atoms with Gasteiger partial charge in [0.15, 0.2) is 0 Å². The van der Waals surface area contributed by atoms with E-state index in [-0.39, 0.29) is 36.5 Å². The molecule has 0 unspecified atom stereocenters. The number of urea groups is 2. The van der Waals surface area contributed by atoms with Crippen molar-refractivity contribution >= 4 is 22.8 Å². The number of fused-ring (bicyclic) bond motifs is 1. The van der Waals surface area contributed by atoms with Crippen LogP contribution in [0, 0.1) is 5.82 Å². The van der Waals surface area contributed by atoms with Gasteiger partial charge in [-0.05, 0) is 31.1 Å². The minimum Gasteiger partial charge on any atom is -0.341 e. The van der Waals surface area contributed by atoms with Crippen molar-refractivity contribution in [1.29, 1.82) is 0 Å². The Labute approximate surface area is 170 Å². The van der Waals surface area contributed by atoms with Gasteiger partial charge in [0.2, 0.25) is 0 Å². The summed E-state index contributed by atoms with van der Waals surface area (Å²) in [6.07, 6.45) is 3.71. The van der Waals surface area contributed by atoms with E-state index >= 15 is 0 Å². The van der Waals surface area contributed by atoms with Crippen LogP contribution in [0.5, 0.6) is 0 Å². The first-order valence-corrected chi connectivity index (χ1v) is 10.3. The summed E-state index contributed by atoms with van der Waals surface area (Å²) in [7, 11) is 1.62. The third-order valence-corrected chi connectivity index (χ3v) is 5.84. The summed E-state index contributed by atoms with van der Waals surface area (Å²) in [5.41, 5.74) is 0.475. The summed E-state index contributed by atoms with van der Waals surface area (Å²) in [5.74, 6) is -0.287. The molecule has 2 aromatic carbocycles. The molecule has 0 spiro atoms. The highest BCUT2D eigenvalue weighted by Gasteiger charge is 2.39. The number of likely N-dealkylation sites (tertiary alicyclic amines) is 1. The maximum atomic E-state index is 14.8. The number of piperidine rings is 1. The molecule has 1 saturated carbocycles. The van der Waals surface area contributed by atoms with Crippen LogP contribution in [-0.4, -0.2) is 54.1 Å². The SMILES string of the molecule is CNC(=O)N1CCC[C@@H](N(C(=O)NCc2ccc3ccccc3c2F)C2CC2)C1. The van der Waals surface area contributed by atoms with E-state index in [0.717, 1.165) is 31.1 Å². The van der Waals surface area contributed by atoms with Gasteiger partial charge in [-0.1, -0.05) is 36.4 Å². The largest absolute Gasteiger partial charge is 0.341 e. The lowest BCUT2D eigenvalue weighted by atomic mass is 10.0. The van der Waals surface area contributed by atoms with Crippen LogP contribution < -0.4 is 10.6 Å². The van der Waals surface area contributed by atoms with Gasteiger partial charge in [-0.2, -0.15) is 0 Å². The fourth-order valence-electron chi connectivity index (χ4n) is 4.18. The molecule has 1 saturated heterocycles. The van der Waals surface area contributed by atoms with Gasteiger partial charge >= 0.3 is 12.1 Å². The summed E-state index contributed by atoms with van der Waals surface area (Å²) in [5, 5.41) is 6.98. The molecule has 6 nitrogen and oxygen atoms in total. The lowest BCUT2D eigenvalue weighted by Gasteiger charge is -2.39. The molecule has 0 radical (unpaired) electrons. The summed E-state index contributed by atoms with van der Waals surface area (Å²) < 4.78 is 14.8. The summed E-state index contributed by atoms with van der Waals surface area (Å²) >= 11 is 0. The first kappa shape index (κ1) is 19.5. The summed E-state index contributed by atoms with van der Waals surface area (Å²) in [6, 6.07) is 10.8. The zero-order valence-corrected chi connectivity index (χ0v) is 16.7. The second kappa shape index (κ2) is 8.27.